The summed E-state index contributed by atoms with van der Waals surface area (Å²) in [7, 11) is 0. The number of hydrogen-bond acceptors (Lipinski definition) is 0. The molecule has 0 saturated carbocycles. The minimum atomic E-state index is -3.62. The molecule has 0 fully saturated rings. The Kier molecular flexibility index (Phi) is 8.26. The first-order chi connectivity index (χ1) is 17.3. The quantitative estimate of drug-likeness (QED) is 0.283. The SMILES string of the molecule is Cc1cc([B-](c2cc(C)c(F)cc2F)(c2cc(C)c(F)cc2F)c2cc(C)c(F)cc2F)c(F)cc1F.[Li+]. The average molecular weight is 526 g/mol. The monoisotopic (exact) mass is 526 g/mol. The van der Waals surface area contributed by atoms with Gasteiger partial charge in [-0.3, -0.25) is 0 Å². The smallest absolute Gasteiger partial charge is 0.210 e. The summed E-state index contributed by atoms with van der Waals surface area (Å²) in [5.41, 5.74) is -2.73. The van der Waals surface area contributed by atoms with Crippen molar-refractivity contribution in [3.8, 4) is 0 Å². The van der Waals surface area contributed by atoms with E-state index in [2.05, 4.69) is 0 Å². The first kappa shape index (κ1) is 29.5. The summed E-state index contributed by atoms with van der Waals surface area (Å²) in [5.74, 6) is -9.05. The van der Waals surface area contributed by atoms with Crippen LogP contribution in [0.25, 0.3) is 0 Å². The van der Waals surface area contributed by atoms with Crippen LogP contribution in [0.4, 0.5) is 35.1 Å². The van der Waals surface area contributed by atoms with Crippen LogP contribution in [0.15, 0.2) is 48.5 Å². The van der Waals surface area contributed by atoms with E-state index in [9.17, 15) is 17.6 Å². The van der Waals surface area contributed by atoms with Gasteiger partial charge in [-0.05, 0) is 49.9 Å². The molecule has 0 aromatic heterocycles. The summed E-state index contributed by atoms with van der Waals surface area (Å²) >= 11 is 0. The third-order valence-corrected chi connectivity index (χ3v) is 6.98. The fourth-order valence-corrected chi connectivity index (χ4v) is 5.05. The van der Waals surface area contributed by atoms with Crippen LogP contribution in [0, 0.1) is 74.2 Å². The number of aryl methyl sites for hydroxylation is 4. The maximum Gasteiger partial charge on any atom is 1.00 e. The molecule has 0 saturated heterocycles. The Hall–Kier alpha value is -3.02. The Morgan fingerprint density at radius 1 is 0.342 bits per heavy atom. The van der Waals surface area contributed by atoms with Crippen molar-refractivity contribution < 1.29 is 54.0 Å². The number of hydrogen-bond donors (Lipinski definition) is 0. The normalized spacial score (nSPS) is 11.5. The largest absolute Gasteiger partial charge is 1.00 e. The van der Waals surface area contributed by atoms with Gasteiger partial charge in [-0.25, -0.2) is 35.1 Å². The second-order valence-electron chi connectivity index (χ2n) is 9.36. The molecule has 4 rings (SSSR count). The van der Waals surface area contributed by atoms with E-state index >= 15 is 17.6 Å². The van der Waals surface area contributed by atoms with Crippen LogP contribution in [-0.4, -0.2) is 6.15 Å². The fraction of sp³-hybridized carbons (Fsp3) is 0.143. The zero-order chi connectivity index (χ0) is 27.4. The second-order valence-corrected chi connectivity index (χ2v) is 9.36. The molecule has 0 aliphatic rings. The van der Waals surface area contributed by atoms with Crippen LogP contribution >= 0.6 is 0 Å². The van der Waals surface area contributed by atoms with Gasteiger partial charge in [-0.15, -0.1) is 0 Å². The molecule has 0 bridgehead atoms. The van der Waals surface area contributed by atoms with E-state index in [4.69, 9.17) is 0 Å². The molecule has 192 valence electrons. The molecule has 0 amide bonds. The van der Waals surface area contributed by atoms with E-state index in [1.54, 1.807) is 0 Å². The van der Waals surface area contributed by atoms with Gasteiger partial charge >= 0.3 is 18.9 Å². The predicted octanol–water partition coefficient (Wildman–Crippen LogP) is 2.41. The van der Waals surface area contributed by atoms with E-state index in [1.807, 2.05) is 0 Å². The molecule has 4 aromatic rings. The Labute approximate surface area is 226 Å². The minimum Gasteiger partial charge on any atom is -0.210 e. The van der Waals surface area contributed by atoms with Gasteiger partial charge in [-0.2, -0.15) is 21.9 Å². The molecule has 0 nitrogen and oxygen atoms in total. The predicted molar refractivity (Wildman–Crippen MR) is 129 cm³/mol. The second kappa shape index (κ2) is 10.6. The summed E-state index contributed by atoms with van der Waals surface area (Å²) < 4.78 is 120. The molecule has 0 N–H and O–H groups in total. The van der Waals surface area contributed by atoms with E-state index < -0.39 is 74.5 Å². The third-order valence-electron chi connectivity index (χ3n) is 6.98. The maximum atomic E-state index is 15.7. The summed E-state index contributed by atoms with van der Waals surface area (Å²) in [5, 5.41) is 0. The van der Waals surface area contributed by atoms with Gasteiger partial charge in [0.2, 0.25) is 0 Å². The van der Waals surface area contributed by atoms with Crippen LogP contribution in [-0.2, 0) is 0 Å². The van der Waals surface area contributed by atoms with Crippen LogP contribution in [0.3, 0.4) is 0 Å². The van der Waals surface area contributed by atoms with Crippen LogP contribution in [0.1, 0.15) is 22.3 Å². The van der Waals surface area contributed by atoms with Crippen LogP contribution in [0.5, 0.6) is 0 Å². The Balaban J connectivity index is 0.00000400. The van der Waals surface area contributed by atoms with Crippen molar-refractivity contribution in [3.63, 3.8) is 0 Å². The summed E-state index contributed by atoms with van der Waals surface area (Å²) in [6, 6.07) is 5.82. The van der Waals surface area contributed by atoms with Gasteiger partial charge < -0.3 is 0 Å². The van der Waals surface area contributed by atoms with Crippen molar-refractivity contribution in [1.29, 1.82) is 0 Å². The zero-order valence-corrected chi connectivity index (χ0v) is 21.2. The van der Waals surface area contributed by atoms with Crippen molar-refractivity contribution in [2.45, 2.75) is 27.7 Å². The van der Waals surface area contributed by atoms with Crippen molar-refractivity contribution >= 4 is 28.0 Å². The maximum absolute atomic E-state index is 15.7. The number of benzene rings is 4. The molecular weight excluding hydrogens is 506 g/mol. The summed E-state index contributed by atoms with van der Waals surface area (Å²) in [6.45, 7) is 5.07. The molecular formula is C28H20BF8Li. The molecule has 38 heavy (non-hydrogen) atoms. The molecule has 0 radical (unpaired) electrons. The van der Waals surface area contributed by atoms with Gasteiger partial charge in [0.1, 0.15) is 29.4 Å². The topological polar surface area (TPSA) is 0 Å². The Morgan fingerprint density at radius 2 is 0.526 bits per heavy atom. The minimum absolute atomic E-state index is 0. The van der Waals surface area contributed by atoms with E-state index in [-0.39, 0.29) is 41.1 Å². The fourth-order valence-electron chi connectivity index (χ4n) is 5.05. The molecule has 0 heterocycles. The van der Waals surface area contributed by atoms with Gasteiger partial charge in [0, 0.05) is 24.3 Å². The van der Waals surface area contributed by atoms with Crippen LogP contribution in [0.2, 0.25) is 0 Å². The zero-order valence-electron chi connectivity index (χ0n) is 21.2. The molecule has 0 aliphatic carbocycles. The van der Waals surface area contributed by atoms with Gasteiger partial charge in [-0.1, -0.05) is 24.3 Å². The standard InChI is InChI=1S/C28H20BF8.Li/c1-13-5-17(25(34)9-21(13)30)29(18-6-14(2)22(31)10-26(18)35,19-7-15(3)23(32)11-27(19)36)20-8-16(4)24(33)12-28(20)37;/h5-12H,1-4H3;/q-1;+1. The third kappa shape index (κ3) is 4.67. The van der Waals surface area contributed by atoms with Crippen molar-refractivity contribution in [1.82, 2.24) is 0 Å². The van der Waals surface area contributed by atoms with E-state index in [0.717, 1.165) is 24.3 Å². The first-order valence-corrected chi connectivity index (χ1v) is 11.3. The summed E-state index contributed by atoms with van der Waals surface area (Å²) in [4.78, 5) is 0. The molecule has 10 heteroatoms. The van der Waals surface area contributed by atoms with Gasteiger partial charge in [0.15, 0.2) is 0 Å². The summed E-state index contributed by atoms with van der Waals surface area (Å²) in [6.07, 6.45) is -3.62. The van der Waals surface area contributed by atoms with Crippen molar-refractivity contribution in [2.24, 2.45) is 0 Å². The Bertz CT molecular complexity index is 1330. The van der Waals surface area contributed by atoms with Crippen molar-refractivity contribution in [3.05, 3.63) is 117 Å². The average Bonchev–Trinajstić information content (AvgIpc) is 2.81. The molecule has 4 aromatic carbocycles. The molecule has 0 aliphatic heterocycles. The van der Waals surface area contributed by atoms with E-state index in [0.29, 0.717) is 24.3 Å². The first-order valence-electron chi connectivity index (χ1n) is 11.3. The molecule has 0 unspecified atom stereocenters. The number of rotatable bonds is 4. The molecule has 0 spiro atoms. The van der Waals surface area contributed by atoms with Crippen molar-refractivity contribution in [2.75, 3.05) is 0 Å². The van der Waals surface area contributed by atoms with Gasteiger partial charge in [0.05, 0.1) is 23.3 Å². The van der Waals surface area contributed by atoms with Crippen LogP contribution < -0.4 is 40.7 Å². The van der Waals surface area contributed by atoms with Gasteiger partial charge in [0.25, 0.3) is 0 Å². The van der Waals surface area contributed by atoms with E-state index in [1.165, 1.54) is 27.7 Å². The number of halogens is 8. The molecule has 0 atom stereocenters. The Morgan fingerprint density at radius 3 is 0.711 bits per heavy atom.